The van der Waals surface area contributed by atoms with Gasteiger partial charge in [-0.3, -0.25) is 0 Å². The number of rotatable bonds is 0. The maximum Gasteiger partial charge on any atom is 0.224 e. The Hall–Kier alpha value is -1.42. The highest BCUT2D eigenvalue weighted by atomic mass is 35.5. The van der Waals surface area contributed by atoms with Crippen molar-refractivity contribution in [2.45, 2.75) is 13.1 Å². The molecule has 0 bridgehead atoms. The summed E-state index contributed by atoms with van der Waals surface area (Å²) in [6.07, 6.45) is 0. The Kier molecular flexibility index (Phi) is 2.71. The van der Waals surface area contributed by atoms with Gasteiger partial charge in [0.25, 0.3) is 0 Å². The van der Waals surface area contributed by atoms with Gasteiger partial charge >= 0.3 is 0 Å². The van der Waals surface area contributed by atoms with Crippen LogP contribution in [0.25, 0.3) is 22.0 Å². The molecule has 1 aromatic heterocycles. The first-order valence-electron chi connectivity index (χ1n) is 6.76. The Balaban J connectivity index is 2.20. The minimum absolute atomic E-state index is 0.213. The van der Waals surface area contributed by atoms with Gasteiger partial charge in [0.15, 0.2) is 0 Å². The van der Waals surface area contributed by atoms with Crippen LogP contribution in [0, 0.1) is 0 Å². The third-order valence-electron chi connectivity index (χ3n) is 4.27. The standard InChI is InChI=1S/C16H12Cl2N2Si/c1-21(2)13-10-6-4-3-5-9(10)7-8-11(13)12-14(21)15(17)20-16(18)19-12/h3-8H,1-2H3. The first kappa shape index (κ1) is 13.3. The lowest BCUT2D eigenvalue weighted by Gasteiger charge is -2.20. The van der Waals surface area contributed by atoms with E-state index in [1.807, 2.05) is 0 Å². The van der Waals surface area contributed by atoms with Gasteiger partial charge in [-0.25, -0.2) is 9.97 Å². The number of hydrogen-bond donors (Lipinski definition) is 0. The molecule has 2 aromatic carbocycles. The number of hydrogen-bond acceptors (Lipinski definition) is 2. The van der Waals surface area contributed by atoms with Crippen molar-refractivity contribution in [2.24, 2.45) is 0 Å². The zero-order chi connectivity index (χ0) is 14.8. The van der Waals surface area contributed by atoms with Crippen LogP contribution in [0.5, 0.6) is 0 Å². The number of halogens is 2. The van der Waals surface area contributed by atoms with E-state index in [9.17, 15) is 0 Å². The average Bonchev–Trinajstić information content (AvgIpc) is 2.67. The van der Waals surface area contributed by atoms with Crippen LogP contribution in [0.4, 0.5) is 0 Å². The van der Waals surface area contributed by atoms with E-state index in [1.54, 1.807) is 0 Å². The van der Waals surface area contributed by atoms with Gasteiger partial charge in [0.2, 0.25) is 5.28 Å². The van der Waals surface area contributed by atoms with E-state index < -0.39 is 8.07 Å². The summed E-state index contributed by atoms with van der Waals surface area (Å²) in [5.41, 5.74) is 2.07. The van der Waals surface area contributed by atoms with Crippen molar-refractivity contribution in [3.8, 4) is 11.3 Å². The summed E-state index contributed by atoms with van der Waals surface area (Å²) in [7, 11) is -1.93. The molecule has 0 atom stereocenters. The Labute approximate surface area is 133 Å². The summed E-state index contributed by atoms with van der Waals surface area (Å²) in [6, 6.07) is 12.7. The van der Waals surface area contributed by atoms with Crippen molar-refractivity contribution < 1.29 is 0 Å². The molecule has 104 valence electrons. The molecule has 2 heterocycles. The fourth-order valence-electron chi connectivity index (χ4n) is 3.42. The van der Waals surface area contributed by atoms with Gasteiger partial charge in [-0.2, -0.15) is 0 Å². The second-order valence-corrected chi connectivity index (χ2v) is 10.8. The van der Waals surface area contributed by atoms with E-state index in [4.69, 9.17) is 23.2 Å². The zero-order valence-electron chi connectivity index (χ0n) is 11.6. The van der Waals surface area contributed by atoms with Crippen LogP contribution in [0.15, 0.2) is 36.4 Å². The van der Waals surface area contributed by atoms with Crippen molar-refractivity contribution in [2.75, 3.05) is 0 Å². The molecule has 4 rings (SSSR count). The van der Waals surface area contributed by atoms with Crippen LogP contribution >= 0.6 is 23.2 Å². The van der Waals surface area contributed by atoms with Crippen LogP contribution in [-0.2, 0) is 0 Å². The predicted octanol–water partition coefficient (Wildman–Crippen LogP) is 3.74. The van der Waals surface area contributed by atoms with Gasteiger partial charge in [-0.15, -0.1) is 0 Å². The number of benzene rings is 2. The highest BCUT2D eigenvalue weighted by Gasteiger charge is 2.42. The molecule has 5 heteroatoms. The van der Waals surface area contributed by atoms with Crippen molar-refractivity contribution in [1.29, 1.82) is 0 Å². The molecule has 0 spiro atoms. The fourth-order valence-corrected chi connectivity index (χ4v) is 7.89. The van der Waals surface area contributed by atoms with E-state index >= 15 is 0 Å². The number of fused-ring (bicyclic) bond motifs is 5. The van der Waals surface area contributed by atoms with Gasteiger partial charge in [-0.05, 0) is 27.6 Å². The molecular formula is C16H12Cl2N2Si. The molecule has 21 heavy (non-hydrogen) atoms. The summed E-state index contributed by atoms with van der Waals surface area (Å²) < 4.78 is 0. The predicted molar refractivity (Wildman–Crippen MR) is 91.7 cm³/mol. The van der Waals surface area contributed by atoms with E-state index in [0.29, 0.717) is 5.15 Å². The van der Waals surface area contributed by atoms with E-state index in [2.05, 4.69) is 59.5 Å². The van der Waals surface area contributed by atoms with E-state index in [1.165, 1.54) is 16.0 Å². The van der Waals surface area contributed by atoms with Crippen molar-refractivity contribution >= 4 is 52.4 Å². The van der Waals surface area contributed by atoms with Crippen LogP contribution in [0.3, 0.4) is 0 Å². The largest absolute Gasteiger partial charge is 0.224 e. The lowest BCUT2D eigenvalue weighted by atomic mass is 10.1. The van der Waals surface area contributed by atoms with Gasteiger partial charge in [0, 0.05) is 10.8 Å². The maximum absolute atomic E-state index is 6.40. The zero-order valence-corrected chi connectivity index (χ0v) is 14.1. The Morgan fingerprint density at radius 3 is 2.48 bits per heavy atom. The smallest absolute Gasteiger partial charge is 0.218 e. The molecule has 3 aromatic rings. The second kappa shape index (κ2) is 4.29. The molecule has 0 unspecified atom stereocenters. The first-order valence-corrected chi connectivity index (χ1v) is 10.5. The second-order valence-electron chi connectivity index (χ2n) is 5.84. The minimum Gasteiger partial charge on any atom is -0.218 e. The molecule has 0 radical (unpaired) electrons. The summed E-state index contributed by atoms with van der Waals surface area (Å²) >= 11 is 12.4. The third-order valence-corrected chi connectivity index (χ3v) is 8.39. The van der Waals surface area contributed by atoms with Crippen molar-refractivity contribution in [3.05, 3.63) is 46.8 Å². The molecule has 0 aliphatic carbocycles. The van der Waals surface area contributed by atoms with Gasteiger partial charge < -0.3 is 0 Å². The minimum atomic E-state index is -1.93. The molecule has 1 aliphatic heterocycles. The normalized spacial score (nSPS) is 15.0. The lowest BCUT2D eigenvalue weighted by Crippen LogP contribution is -2.50. The van der Waals surface area contributed by atoms with Crippen molar-refractivity contribution in [3.63, 3.8) is 0 Å². The van der Waals surface area contributed by atoms with E-state index in [-0.39, 0.29) is 5.28 Å². The number of aromatic nitrogens is 2. The van der Waals surface area contributed by atoms with Crippen molar-refractivity contribution in [1.82, 2.24) is 9.97 Å². The molecular weight excluding hydrogens is 319 g/mol. The Bertz CT molecular complexity index is 906. The molecule has 0 N–H and O–H groups in total. The molecule has 0 fully saturated rings. The lowest BCUT2D eigenvalue weighted by molar-refractivity contribution is 1.19. The molecule has 0 saturated heterocycles. The van der Waals surface area contributed by atoms with Crippen LogP contribution in [0.1, 0.15) is 0 Å². The van der Waals surface area contributed by atoms with Crippen LogP contribution in [0.2, 0.25) is 23.5 Å². The monoisotopic (exact) mass is 330 g/mol. The van der Waals surface area contributed by atoms with Gasteiger partial charge in [0.05, 0.1) is 5.69 Å². The van der Waals surface area contributed by atoms with Gasteiger partial charge in [0.1, 0.15) is 13.2 Å². The van der Waals surface area contributed by atoms with Gasteiger partial charge in [-0.1, -0.05) is 61.1 Å². The molecule has 2 nitrogen and oxygen atoms in total. The van der Waals surface area contributed by atoms with Crippen LogP contribution < -0.4 is 10.4 Å². The quantitative estimate of drug-likeness (QED) is 0.356. The first-order chi connectivity index (χ1) is 10.00. The summed E-state index contributed by atoms with van der Waals surface area (Å²) in [6.45, 7) is 4.60. The SMILES string of the molecule is C[Si]1(C)c2c(Cl)nc(Cl)nc2-c2ccc3ccccc3c21. The van der Waals surface area contributed by atoms with Crippen LogP contribution in [-0.4, -0.2) is 18.0 Å². The molecule has 0 saturated carbocycles. The fraction of sp³-hybridized carbons (Fsp3) is 0.125. The Morgan fingerprint density at radius 2 is 1.67 bits per heavy atom. The topological polar surface area (TPSA) is 25.8 Å². The van der Waals surface area contributed by atoms with E-state index in [0.717, 1.165) is 16.4 Å². The average molecular weight is 331 g/mol. The summed E-state index contributed by atoms with van der Waals surface area (Å²) in [5.74, 6) is 0. The summed E-state index contributed by atoms with van der Waals surface area (Å²) in [5, 5.41) is 5.73. The Morgan fingerprint density at radius 1 is 0.905 bits per heavy atom. The summed E-state index contributed by atoms with van der Waals surface area (Å²) in [4.78, 5) is 8.62. The third kappa shape index (κ3) is 1.71. The highest BCUT2D eigenvalue weighted by Crippen LogP contribution is 2.33. The molecule has 1 aliphatic rings. The number of nitrogens with zero attached hydrogens (tertiary/aromatic N) is 2. The maximum atomic E-state index is 6.40. The molecule has 0 amide bonds. The highest BCUT2D eigenvalue weighted by molar-refractivity contribution is 7.05.